The van der Waals surface area contributed by atoms with Gasteiger partial charge in [-0.25, -0.2) is 0 Å². The number of hydrogen-bond donors (Lipinski definition) is 0. The quantitative estimate of drug-likeness (QED) is 0.367. The number of rotatable bonds is 9. The predicted octanol–water partition coefficient (Wildman–Crippen LogP) is 3.03. The summed E-state index contributed by atoms with van der Waals surface area (Å²) in [5, 5.41) is 0.807. The van der Waals surface area contributed by atoms with Gasteiger partial charge >= 0.3 is 5.97 Å². The van der Waals surface area contributed by atoms with Crippen molar-refractivity contribution in [1.82, 2.24) is 5.06 Å². The van der Waals surface area contributed by atoms with Crippen LogP contribution in [0.25, 0.3) is 0 Å². The first-order chi connectivity index (χ1) is 14.0. The molecule has 2 amide bonds. The molecule has 0 bridgehead atoms. The molecule has 0 aliphatic carbocycles. The van der Waals surface area contributed by atoms with Crippen molar-refractivity contribution >= 4 is 17.8 Å². The molecule has 0 saturated carbocycles. The number of esters is 1. The summed E-state index contributed by atoms with van der Waals surface area (Å²) in [5.74, 6) is -0.624. The number of fused-ring (bicyclic) bond motifs is 1. The van der Waals surface area contributed by atoms with Crippen LogP contribution in [-0.4, -0.2) is 43.2 Å². The third kappa shape index (κ3) is 4.81. The zero-order chi connectivity index (χ0) is 20.8. The Morgan fingerprint density at radius 3 is 2.17 bits per heavy atom. The molecule has 0 saturated heterocycles. The fourth-order valence-electron chi connectivity index (χ4n) is 3.05. The van der Waals surface area contributed by atoms with Gasteiger partial charge in [0, 0.05) is 6.42 Å². The summed E-state index contributed by atoms with van der Waals surface area (Å²) >= 11 is 0. The van der Waals surface area contributed by atoms with Crippen molar-refractivity contribution in [3.8, 4) is 5.75 Å². The van der Waals surface area contributed by atoms with E-state index in [-0.39, 0.29) is 18.5 Å². The van der Waals surface area contributed by atoms with E-state index in [0.29, 0.717) is 36.3 Å². The second-order valence-electron chi connectivity index (χ2n) is 6.76. The van der Waals surface area contributed by atoms with Gasteiger partial charge in [-0.15, -0.1) is 5.06 Å². The molecule has 152 valence electrons. The van der Waals surface area contributed by atoms with Gasteiger partial charge in [0.2, 0.25) is 0 Å². The average Bonchev–Trinajstić information content (AvgIpc) is 2.99. The monoisotopic (exact) mass is 397 g/mol. The van der Waals surface area contributed by atoms with E-state index in [9.17, 15) is 14.4 Å². The van der Waals surface area contributed by atoms with Gasteiger partial charge in [-0.3, -0.25) is 19.2 Å². The summed E-state index contributed by atoms with van der Waals surface area (Å²) in [6.45, 7) is 2.38. The second kappa shape index (κ2) is 9.34. The van der Waals surface area contributed by atoms with E-state index in [2.05, 4.69) is 0 Å². The maximum atomic E-state index is 12.2. The van der Waals surface area contributed by atoms with Gasteiger partial charge in [-0.05, 0) is 36.2 Å². The van der Waals surface area contributed by atoms with Crippen molar-refractivity contribution in [3.63, 3.8) is 0 Å². The first-order valence-electron chi connectivity index (χ1n) is 9.41. The molecule has 2 aromatic rings. The zero-order valence-electron chi connectivity index (χ0n) is 16.4. The largest absolute Gasteiger partial charge is 0.494 e. The van der Waals surface area contributed by atoms with Crippen LogP contribution < -0.4 is 4.74 Å². The molecule has 0 aromatic heterocycles. The zero-order valence-corrected chi connectivity index (χ0v) is 16.4. The summed E-state index contributed by atoms with van der Waals surface area (Å²) in [6.07, 6.45) is 1.11. The Morgan fingerprint density at radius 1 is 0.966 bits per heavy atom. The molecule has 0 N–H and O–H groups in total. The normalized spacial score (nSPS) is 13.9. The van der Waals surface area contributed by atoms with Crippen LogP contribution in [0.3, 0.4) is 0 Å². The second-order valence-corrected chi connectivity index (χ2v) is 6.76. The van der Waals surface area contributed by atoms with E-state index in [4.69, 9.17) is 14.3 Å². The van der Waals surface area contributed by atoms with Crippen molar-refractivity contribution in [2.24, 2.45) is 5.92 Å². The minimum atomic E-state index is -0.441. The highest BCUT2D eigenvalue weighted by molar-refractivity contribution is 6.20. The molecule has 3 rings (SSSR count). The minimum Gasteiger partial charge on any atom is -0.494 e. The number of carbonyl (C=O) groups excluding carboxylic acids is 3. The van der Waals surface area contributed by atoms with Crippen LogP contribution in [-0.2, 0) is 20.8 Å². The van der Waals surface area contributed by atoms with Crippen LogP contribution in [0.15, 0.2) is 48.5 Å². The molecule has 1 heterocycles. The van der Waals surface area contributed by atoms with Crippen LogP contribution in [0, 0.1) is 5.92 Å². The number of methoxy groups -OCH3 is 1. The van der Waals surface area contributed by atoms with Crippen LogP contribution in [0.1, 0.15) is 39.6 Å². The molecule has 2 aromatic carbocycles. The van der Waals surface area contributed by atoms with E-state index in [0.717, 1.165) is 10.6 Å². The summed E-state index contributed by atoms with van der Waals surface area (Å²) in [6, 6.07) is 14.1. The molecular formula is C22H23NO6. The van der Waals surface area contributed by atoms with Crippen molar-refractivity contribution in [3.05, 3.63) is 65.2 Å². The van der Waals surface area contributed by atoms with Gasteiger partial charge in [0.25, 0.3) is 11.8 Å². The van der Waals surface area contributed by atoms with Crippen LogP contribution >= 0.6 is 0 Å². The Balaban J connectivity index is 1.40. The number of benzene rings is 2. The smallest absolute Gasteiger partial charge is 0.308 e. The van der Waals surface area contributed by atoms with Gasteiger partial charge in [0.1, 0.15) is 5.75 Å². The minimum absolute atomic E-state index is 0.181. The Kier molecular flexibility index (Phi) is 6.61. The predicted molar refractivity (Wildman–Crippen MR) is 104 cm³/mol. The highest BCUT2D eigenvalue weighted by atomic mass is 16.7. The number of hydroxylamine groups is 2. The topological polar surface area (TPSA) is 82.1 Å². The molecule has 0 spiro atoms. The molecule has 1 atom stereocenters. The summed E-state index contributed by atoms with van der Waals surface area (Å²) < 4.78 is 10.4. The maximum Gasteiger partial charge on any atom is 0.308 e. The molecular weight excluding hydrogens is 374 g/mol. The average molecular weight is 397 g/mol. The first kappa shape index (κ1) is 20.5. The highest BCUT2D eigenvalue weighted by Gasteiger charge is 2.36. The number of nitrogens with zero attached hydrogens (tertiary/aromatic N) is 1. The SMILES string of the molecule is COC(=O)C(C)Cc1ccc(OCCCON2C(=O)c3ccccc3C2=O)cc1. The van der Waals surface area contributed by atoms with Gasteiger partial charge < -0.3 is 9.47 Å². The molecule has 0 fully saturated rings. The molecule has 1 aliphatic rings. The summed E-state index contributed by atoms with van der Waals surface area (Å²) in [7, 11) is 1.38. The molecule has 7 heteroatoms. The van der Waals surface area contributed by atoms with Crippen LogP contribution in [0.5, 0.6) is 5.75 Å². The standard InChI is InChI=1S/C22H23NO6/c1-15(22(26)27-2)14-16-8-10-17(11-9-16)28-12-5-13-29-23-20(24)18-6-3-4-7-19(18)21(23)25/h3-4,6-11,15H,5,12-14H2,1-2H3. The number of hydrogen-bond acceptors (Lipinski definition) is 6. The lowest BCUT2D eigenvalue weighted by molar-refractivity contribution is -0.144. The third-order valence-corrected chi connectivity index (χ3v) is 4.60. The fourth-order valence-corrected chi connectivity index (χ4v) is 3.05. The van der Waals surface area contributed by atoms with Crippen molar-refractivity contribution < 1.29 is 28.7 Å². The Bertz CT molecular complexity index is 857. The van der Waals surface area contributed by atoms with Crippen LogP contribution in [0.2, 0.25) is 0 Å². The summed E-state index contributed by atoms with van der Waals surface area (Å²) in [5.41, 5.74) is 1.73. The lowest BCUT2D eigenvalue weighted by Crippen LogP contribution is -2.30. The lowest BCUT2D eigenvalue weighted by atomic mass is 10.0. The lowest BCUT2D eigenvalue weighted by Gasteiger charge is -2.13. The Morgan fingerprint density at radius 2 is 1.59 bits per heavy atom. The number of imide groups is 1. The van der Waals surface area contributed by atoms with Crippen molar-refractivity contribution in [2.75, 3.05) is 20.3 Å². The number of ether oxygens (including phenoxy) is 2. The number of carbonyl (C=O) groups is 3. The maximum absolute atomic E-state index is 12.2. The molecule has 1 aliphatic heterocycles. The number of amides is 2. The molecule has 7 nitrogen and oxygen atoms in total. The highest BCUT2D eigenvalue weighted by Crippen LogP contribution is 2.22. The third-order valence-electron chi connectivity index (χ3n) is 4.60. The van der Waals surface area contributed by atoms with E-state index < -0.39 is 11.8 Å². The summed E-state index contributed by atoms with van der Waals surface area (Å²) in [4.78, 5) is 41.2. The first-order valence-corrected chi connectivity index (χ1v) is 9.41. The van der Waals surface area contributed by atoms with E-state index in [1.54, 1.807) is 24.3 Å². The Hall–Kier alpha value is -3.19. The van der Waals surface area contributed by atoms with Crippen molar-refractivity contribution in [2.45, 2.75) is 19.8 Å². The van der Waals surface area contributed by atoms with Gasteiger partial charge in [-0.1, -0.05) is 31.2 Å². The fraction of sp³-hybridized carbons (Fsp3) is 0.318. The molecule has 1 unspecified atom stereocenters. The van der Waals surface area contributed by atoms with E-state index in [1.807, 2.05) is 31.2 Å². The van der Waals surface area contributed by atoms with Gasteiger partial charge in [0.15, 0.2) is 0 Å². The van der Waals surface area contributed by atoms with Crippen molar-refractivity contribution in [1.29, 1.82) is 0 Å². The van der Waals surface area contributed by atoms with Gasteiger partial charge in [-0.2, -0.15) is 0 Å². The molecule has 0 radical (unpaired) electrons. The molecule has 29 heavy (non-hydrogen) atoms. The van der Waals surface area contributed by atoms with Crippen LogP contribution in [0.4, 0.5) is 0 Å². The van der Waals surface area contributed by atoms with E-state index in [1.165, 1.54) is 7.11 Å². The van der Waals surface area contributed by atoms with E-state index >= 15 is 0 Å². The van der Waals surface area contributed by atoms with Gasteiger partial charge in [0.05, 0.1) is 37.4 Å². The Labute approximate surface area is 169 Å².